The standard InChI is InChI=1S/C15H12ClNO4/c1-20-13-8-10(14(17)18)4-7-12(13)21-15(19)9-2-5-11(16)6-3-9/h2-8H,1H3,(H2,17,18). The van der Waals surface area contributed by atoms with Crippen molar-refractivity contribution in [1.82, 2.24) is 0 Å². The summed E-state index contributed by atoms with van der Waals surface area (Å²) in [6, 6.07) is 10.6. The Morgan fingerprint density at radius 2 is 1.62 bits per heavy atom. The van der Waals surface area contributed by atoms with E-state index < -0.39 is 11.9 Å². The lowest BCUT2D eigenvalue weighted by molar-refractivity contribution is 0.0729. The van der Waals surface area contributed by atoms with E-state index in [0.717, 1.165) is 0 Å². The zero-order valence-corrected chi connectivity index (χ0v) is 11.9. The maximum atomic E-state index is 12.0. The molecule has 0 aliphatic heterocycles. The van der Waals surface area contributed by atoms with Gasteiger partial charge in [0.15, 0.2) is 11.5 Å². The molecule has 5 nitrogen and oxygen atoms in total. The molecule has 0 spiro atoms. The van der Waals surface area contributed by atoms with Crippen molar-refractivity contribution in [1.29, 1.82) is 0 Å². The number of amides is 1. The van der Waals surface area contributed by atoms with Crippen molar-refractivity contribution in [2.45, 2.75) is 0 Å². The smallest absolute Gasteiger partial charge is 0.343 e. The minimum absolute atomic E-state index is 0.197. The number of halogens is 1. The van der Waals surface area contributed by atoms with Gasteiger partial charge in [0.25, 0.3) is 0 Å². The van der Waals surface area contributed by atoms with Gasteiger partial charge in [-0.25, -0.2) is 4.79 Å². The fourth-order valence-electron chi connectivity index (χ4n) is 1.65. The van der Waals surface area contributed by atoms with Gasteiger partial charge in [0.05, 0.1) is 12.7 Å². The first-order valence-electron chi connectivity index (χ1n) is 5.97. The fourth-order valence-corrected chi connectivity index (χ4v) is 1.78. The Bertz CT molecular complexity index is 683. The molecule has 0 atom stereocenters. The highest BCUT2D eigenvalue weighted by Crippen LogP contribution is 2.28. The second-order valence-electron chi connectivity index (χ2n) is 4.13. The Morgan fingerprint density at radius 3 is 2.19 bits per heavy atom. The number of carbonyl (C=O) groups is 2. The summed E-state index contributed by atoms with van der Waals surface area (Å²) in [5.74, 6) is -0.711. The SMILES string of the molecule is COc1cc(C(N)=O)ccc1OC(=O)c1ccc(Cl)cc1. The molecule has 2 aromatic carbocycles. The number of hydrogen-bond acceptors (Lipinski definition) is 4. The first kappa shape index (κ1) is 14.9. The van der Waals surface area contributed by atoms with Crippen LogP contribution in [-0.2, 0) is 0 Å². The molecule has 108 valence electrons. The molecule has 0 fully saturated rings. The number of esters is 1. The molecular weight excluding hydrogens is 294 g/mol. The van der Waals surface area contributed by atoms with Crippen molar-refractivity contribution in [3.8, 4) is 11.5 Å². The molecule has 6 heteroatoms. The van der Waals surface area contributed by atoms with Crippen molar-refractivity contribution in [2.75, 3.05) is 7.11 Å². The molecule has 0 unspecified atom stereocenters. The molecule has 0 aliphatic rings. The van der Waals surface area contributed by atoms with Crippen LogP contribution in [0.2, 0.25) is 5.02 Å². The monoisotopic (exact) mass is 305 g/mol. The maximum absolute atomic E-state index is 12.0. The van der Waals surface area contributed by atoms with Gasteiger partial charge in [0.1, 0.15) is 0 Å². The number of benzene rings is 2. The number of ether oxygens (including phenoxy) is 2. The van der Waals surface area contributed by atoms with Gasteiger partial charge >= 0.3 is 5.97 Å². The molecule has 21 heavy (non-hydrogen) atoms. The van der Waals surface area contributed by atoms with Gasteiger partial charge in [-0.1, -0.05) is 11.6 Å². The van der Waals surface area contributed by atoms with Crippen LogP contribution >= 0.6 is 11.6 Å². The summed E-state index contributed by atoms with van der Waals surface area (Å²) in [4.78, 5) is 23.1. The van der Waals surface area contributed by atoms with Crippen LogP contribution in [-0.4, -0.2) is 19.0 Å². The summed E-state index contributed by atoms with van der Waals surface area (Å²) in [7, 11) is 1.40. The lowest BCUT2D eigenvalue weighted by atomic mass is 10.2. The molecule has 2 N–H and O–H groups in total. The lowest BCUT2D eigenvalue weighted by Crippen LogP contribution is -2.12. The van der Waals surface area contributed by atoms with Crippen LogP contribution in [0.15, 0.2) is 42.5 Å². The first-order valence-corrected chi connectivity index (χ1v) is 6.34. The van der Waals surface area contributed by atoms with Crippen molar-refractivity contribution in [2.24, 2.45) is 5.73 Å². The van der Waals surface area contributed by atoms with Gasteiger partial charge in [-0.05, 0) is 42.5 Å². The quantitative estimate of drug-likeness (QED) is 0.696. The third-order valence-electron chi connectivity index (χ3n) is 2.73. The average Bonchev–Trinajstić information content (AvgIpc) is 2.48. The van der Waals surface area contributed by atoms with Gasteiger partial charge in [-0.3, -0.25) is 4.79 Å². The molecule has 2 rings (SSSR count). The molecule has 0 saturated carbocycles. The van der Waals surface area contributed by atoms with Gasteiger partial charge in [0.2, 0.25) is 5.91 Å². The second kappa shape index (κ2) is 6.28. The third kappa shape index (κ3) is 3.52. The van der Waals surface area contributed by atoms with E-state index in [9.17, 15) is 9.59 Å². The Morgan fingerprint density at radius 1 is 1.00 bits per heavy atom. The van der Waals surface area contributed by atoms with E-state index in [1.54, 1.807) is 24.3 Å². The number of carbonyl (C=O) groups excluding carboxylic acids is 2. The average molecular weight is 306 g/mol. The van der Waals surface area contributed by atoms with E-state index >= 15 is 0 Å². The Hall–Kier alpha value is -2.53. The number of hydrogen-bond donors (Lipinski definition) is 1. The largest absolute Gasteiger partial charge is 0.493 e. The fraction of sp³-hybridized carbons (Fsp3) is 0.0667. The van der Waals surface area contributed by atoms with E-state index in [2.05, 4.69) is 0 Å². The Kier molecular flexibility index (Phi) is 4.45. The van der Waals surface area contributed by atoms with Crippen LogP contribution in [0.5, 0.6) is 11.5 Å². The Labute approximate surface area is 126 Å². The van der Waals surface area contributed by atoms with Gasteiger partial charge < -0.3 is 15.2 Å². The summed E-state index contributed by atoms with van der Waals surface area (Å²) in [5, 5.41) is 0.523. The van der Waals surface area contributed by atoms with Gasteiger partial charge in [-0.15, -0.1) is 0 Å². The number of primary amides is 1. The highest BCUT2D eigenvalue weighted by Gasteiger charge is 2.14. The molecule has 0 radical (unpaired) electrons. The van der Waals surface area contributed by atoms with Crippen LogP contribution in [0.3, 0.4) is 0 Å². The van der Waals surface area contributed by atoms with Crippen molar-refractivity contribution in [3.63, 3.8) is 0 Å². The molecule has 0 saturated heterocycles. The zero-order chi connectivity index (χ0) is 15.4. The van der Waals surface area contributed by atoms with E-state index in [0.29, 0.717) is 10.6 Å². The van der Waals surface area contributed by atoms with E-state index in [4.69, 9.17) is 26.8 Å². The van der Waals surface area contributed by atoms with Crippen LogP contribution in [0.4, 0.5) is 0 Å². The normalized spacial score (nSPS) is 10.0. The molecule has 0 aromatic heterocycles. The number of rotatable bonds is 4. The molecule has 0 aliphatic carbocycles. The summed E-state index contributed by atoms with van der Waals surface area (Å²) in [5.41, 5.74) is 5.79. The van der Waals surface area contributed by atoms with Crippen molar-refractivity contribution in [3.05, 3.63) is 58.6 Å². The van der Waals surface area contributed by atoms with E-state index in [1.807, 2.05) is 0 Å². The van der Waals surface area contributed by atoms with Crippen LogP contribution in [0, 0.1) is 0 Å². The van der Waals surface area contributed by atoms with Crippen molar-refractivity contribution < 1.29 is 19.1 Å². The number of nitrogens with two attached hydrogens (primary N) is 1. The van der Waals surface area contributed by atoms with E-state index in [1.165, 1.54) is 25.3 Å². The van der Waals surface area contributed by atoms with Crippen LogP contribution in [0.25, 0.3) is 0 Å². The predicted molar refractivity (Wildman–Crippen MR) is 77.9 cm³/mol. The first-order chi connectivity index (χ1) is 10.0. The molecule has 0 bridgehead atoms. The van der Waals surface area contributed by atoms with Gasteiger partial charge in [-0.2, -0.15) is 0 Å². The number of methoxy groups -OCH3 is 1. The molecular formula is C15H12ClNO4. The molecule has 2 aromatic rings. The van der Waals surface area contributed by atoms with Crippen LogP contribution < -0.4 is 15.2 Å². The highest BCUT2D eigenvalue weighted by molar-refractivity contribution is 6.30. The Balaban J connectivity index is 2.24. The summed E-state index contributed by atoms with van der Waals surface area (Å²) in [6.07, 6.45) is 0. The highest BCUT2D eigenvalue weighted by atomic mass is 35.5. The summed E-state index contributed by atoms with van der Waals surface area (Å²) >= 11 is 5.76. The predicted octanol–water partition coefficient (Wildman–Crippen LogP) is 2.67. The molecule has 0 heterocycles. The lowest BCUT2D eigenvalue weighted by Gasteiger charge is -2.10. The zero-order valence-electron chi connectivity index (χ0n) is 11.1. The second-order valence-corrected chi connectivity index (χ2v) is 4.56. The van der Waals surface area contributed by atoms with Crippen molar-refractivity contribution >= 4 is 23.5 Å². The minimum atomic E-state index is -0.594. The van der Waals surface area contributed by atoms with Crippen LogP contribution in [0.1, 0.15) is 20.7 Å². The molecule has 1 amide bonds. The summed E-state index contributed by atoms with van der Waals surface area (Å²) < 4.78 is 10.3. The minimum Gasteiger partial charge on any atom is -0.493 e. The topological polar surface area (TPSA) is 78.6 Å². The third-order valence-corrected chi connectivity index (χ3v) is 2.98. The van der Waals surface area contributed by atoms with Gasteiger partial charge in [0, 0.05) is 10.6 Å². The summed E-state index contributed by atoms with van der Waals surface area (Å²) in [6.45, 7) is 0. The maximum Gasteiger partial charge on any atom is 0.343 e. The van der Waals surface area contributed by atoms with E-state index in [-0.39, 0.29) is 17.1 Å².